The quantitative estimate of drug-likeness (QED) is 0.855. The summed E-state index contributed by atoms with van der Waals surface area (Å²) in [5, 5.41) is 21.7. The van der Waals surface area contributed by atoms with Gasteiger partial charge >= 0.3 is 0 Å². The SMILES string of the molecule is OC(Cc1ccccc1)C1(O)CCCCCCCCCCC1. The highest BCUT2D eigenvalue weighted by Crippen LogP contribution is 2.29. The molecule has 0 amide bonds. The number of hydrogen-bond donors (Lipinski definition) is 2. The molecule has 0 aliphatic heterocycles. The van der Waals surface area contributed by atoms with Gasteiger partial charge in [-0.2, -0.15) is 0 Å². The fourth-order valence-corrected chi connectivity index (χ4v) is 3.59. The molecule has 1 aliphatic rings. The molecule has 0 aromatic heterocycles. The van der Waals surface area contributed by atoms with Gasteiger partial charge < -0.3 is 10.2 Å². The Labute approximate surface area is 135 Å². The van der Waals surface area contributed by atoms with Crippen LogP contribution in [0.5, 0.6) is 0 Å². The maximum atomic E-state index is 11.0. The average molecular weight is 304 g/mol. The molecule has 0 bridgehead atoms. The molecule has 1 fully saturated rings. The zero-order valence-corrected chi connectivity index (χ0v) is 13.8. The van der Waals surface area contributed by atoms with Gasteiger partial charge in [-0.3, -0.25) is 0 Å². The van der Waals surface area contributed by atoms with Crippen LogP contribution in [0.15, 0.2) is 30.3 Å². The largest absolute Gasteiger partial charge is 0.390 e. The highest BCUT2D eigenvalue weighted by atomic mass is 16.3. The molecular weight excluding hydrogens is 272 g/mol. The normalized spacial score (nSPS) is 22.3. The first-order chi connectivity index (χ1) is 10.7. The number of aliphatic hydroxyl groups excluding tert-OH is 1. The van der Waals surface area contributed by atoms with Gasteiger partial charge in [-0.15, -0.1) is 0 Å². The number of rotatable bonds is 3. The van der Waals surface area contributed by atoms with Gasteiger partial charge in [-0.05, 0) is 18.4 Å². The average Bonchev–Trinajstić information content (AvgIpc) is 2.52. The highest BCUT2D eigenvalue weighted by Gasteiger charge is 2.34. The van der Waals surface area contributed by atoms with Crippen molar-refractivity contribution in [2.24, 2.45) is 0 Å². The van der Waals surface area contributed by atoms with E-state index in [9.17, 15) is 10.2 Å². The van der Waals surface area contributed by atoms with E-state index in [4.69, 9.17) is 0 Å². The van der Waals surface area contributed by atoms with Crippen LogP contribution in [0.25, 0.3) is 0 Å². The topological polar surface area (TPSA) is 40.5 Å². The third-order valence-corrected chi connectivity index (χ3v) is 5.11. The third-order valence-electron chi connectivity index (χ3n) is 5.11. The Balaban J connectivity index is 1.95. The number of hydrogen-bond acceptors (Lipinski definition) is 2. The first-order valence-electron chi connectivity index (χ1n) is 9.15. The number of benzene rings is 1. The van der Waals surface area contributed by atoms with Gasteiger partial charge in [0.1, 0.15) is 0 Å². The van der Waals surface area contributed by atoms with Crippen LogP contribution in [0.2, 0.25) is 0 Å². The van der Waals surface area contributed by atoms with E-state index in [1.807, 2.05) is 30.3 Å². The van der Waals surface area contributed by atoms with Crippen LogP contribution in [0.4, 0.5) is 0 Å². The van der Waals surface area contributed by atoms with Crippen LogP contribution < -0.4 is 0 Å². The highest BCUT2D eigenvalue weighted by molar-refractivity contribution is 5.16. The van der Waals surface area contributed by atoms with Crippen LogP contribution in [0, 0.1) is 0 Å². The molecule has 1 aliphatic carbocycles. The van der Waals surface area contributed by atoms with Crippen LogP contribution in [0.3, 0.4) is 0 Å². The van der Waals surface area contributed by atoms with Crippen molar-refractivity contribution >= 4 is 0 Å². The van der Waals surface area contributed by atoms with Crippen molar-refractivity contribution in [3.63, 3.8) is 0 Å². The van der Waals surface area contributed by atoms with Gasteiger partial charge in [-0.25, -0.2) is 0 Å². The summed E-state index contributed by atoms with van der Waals surface area (Å²) in [5.74, 6) is 0. The molecule has 22 heavy (non-hydrogen) atoms. The maximum Gasteiger partial charge on any atom is 0.0908 e. The Kier molecular flexibility index (Phi) is 7.41. The Hall–Kier alpha value is -0.860. The van der Waals surface area contributed by atoms with Crippen LogP contribution in [0.1, 0.15) is 76.2 Å². The van der Waals surface area contributed by atoms with Crippen molar-refractivity contribution in [1.29, 1.82) is 0 Å². The summed E-state index contributed by atoms with van der Waals surface area (Å²) >= 11 is 0. The van der Waals surface area contributed by atoms with Crippen LogP contribution >= 0.6 is 0 Å². The molecule has 0 spiro atoms. The Morgan fingerprint density at radius 2 is 1.23 bits per heavy atom. The van der Waals surface area contributed by atoms with E-state index in [1.54, 1.807) is 0 Å². The summed E-state index contributed by atoms with van der Waals surface area (Å²) in [6, 6.07) is 10.0. The lowest BCUT2D eigenvalue weighted by molar-refractivity contribution is -0.0878. The van der Waals surface area contributed by atoms with E-state index in [1.165, 1.54) is 44.9 Å². The lowest BCUT2D eigenvalue weighted by Crippen LogP contribution is -2.43. The standard InChI is InChI=1S/C20H32O2/c21-19(17-18-13-9-8-10-14-18)20(22)15-11-6-4-2-1-3-5-7-12-16-20/h8-10,13-14,19,21-22H,1-7,11-12,15-17H2. The molecule has 2 rings (SSSR count). The second-order valence-electron chi connectivity index (χ2n) is 6.99. The van der Waals surface area contributed by atoms with E-state index in [-0.39, 0.29) is 0 Å². The van der Waals surface area contributed by atoms with Gasteiger partial charge in [0, 0.05) is 6.42 Å². The summed E-state index contributed by atoms with van der Waals surface area (Å²) in [6.07, 6.45) is 12.3. The van der Waals surface area contributed by atoms with Crippen molar-refractivity contribution in [3.8, 4) is 0 Å². The fourth-order valence-electron chi connectivity index (χ4n) is 3.59. The van der Waals surface area contributed by atoms with Gasteiger partial charge in [0.05, 0.1) is 11.7 Å². The monoisotopic (exact) mass is 304 g/mol. The smallest absolute Gasteiger partial charge is 0.0908 e. The Morgan fingerprint density at radius 1 is 0.773 bits per heavy atom. The van der Waals surface area contributed by atoms with Gasteiger partial charge in [0.25, 0.3) is 0 Å². The molecule has 2 N–H and O–H groups in total. The zero-order chi connectivity index (χ0) is 15.7. The summed E-state index contributed by atoms with van der Waals surface area (Å²) in [5.41, 5.74) is 0.198. The van der Waals surface area contributed by atoms with E-state index >= 15 is 0 Å². The van der Waals surface area contributed by atoms with Gasteiger partial charge in [-0.1, -0.05) is 88.1 Å². The van der Waals surface area contributed by atoms with Crippen molar-refractivity contribution < 1.29 is 10.2 Å². The molecular formula is C20H32O2. The fraction of sp³-hybridized carbons (Fsp3) is 0.700. The van der Waals surface area contributed by atoms with Crippen molar-refractivity contribution in [1.82, 2.24) is 0 Å². The van der Waals surface area contributed by atoms with Crippen molar-refractivity contribution in [2.75, 3.05) is 0 Å². The number of aliphatic hydroxyl groups is 2. The van der Waals surface area contributed by atoms with Gasteiger partial charge in [0.15, 0.2) is 0 Å². The third kappa shape index (κ3) is 5.73. The second-order valence-corrected chi connectivity index (χ2v) is 6.99. The predicted octanol–water partition coefficient (Wildman–Crippen LogP) is 4.63. The maximum absolute atomic E-state index is 11.0. The summed E-state index contributed by atoms with van der Waals surface area (Å²) < 4.78 is 0. The van der Waals surface area contributed by atoms with E-state index < -0.39 is 11.7 Å². The molecule has 1 saturated carbocycles. The molecule has 124 valence electrons. The molecule has 0 radical (unpaired) electrons. The molecule has 0 saturated heterocycles. The summed E-state index contributed by atoms with van der Waals surface area (Å²) in [6.45, 7) is 0. The molecule has 2 heteroatoms. The van der Waals surface area contributed by atoms with Gasteiger partial charge in [0.2, 0.25) is 0 Å². The minimum atomic E-state index is -0.908. The van der Waals surface area contributed by atoms with Crippen molar-refractivity contribution in [3.05, 3.63) is 35.9 Å². The van der Waals surface area contributed by atoms with E-state index in [2.05, 4.69) is 0 Å². The molecule has 1 aromatic carbocycles. The molecule has 2 nitrogen and oxygen atoms in total. The van der Waals surface area contributed by atoms with E-state index in [0.29, 0.717) is 6.42 Å². The van der Waals surface area contributed by atoms with E-state index in [0.717, 1.165) is 31.2 Å². The molecule has 1 aromatic rings. The summed E-state index contributed by atoms with van der Waals surface area (Å²) in [4.78, 5) is 0. The molecule has 0 heterocycles. The minimum Gasteiger partial charge on any atom is -0.390 e. The van der Waals surface area contributed by atoms with Crippen molar-refractivity contribution in [2.45, 2.75) is 88.8 Å². The zero-order valence-electron chi connectivity index (χ0n) is 13.8. The Bertz CT molecular complexity index is 389. The summed E-state index contributed by atoms with van der Waals surface area (Å²) in [7, 11) is 0. The lowest BCUT2D eigenvalue weighted by Gasteiger charge is -2.34. The second kappa shape index (κ2) is 9.32. The first-order valence-corrected chi connectivity index (χ1v) is 9.15. The molecule has 1 atom stereocenters. The minimum absolute atomic E-state index is 0.553. The van der Waals surface area contributed by atoms with Crippen LogP contribution in [-0.4, -0.2) is 21.9 Å². The predicted molar refractivity (Wildman–Crippen MR) is 91.9 cm³/mol. The first kappa shape index (κ1) is 17.5. The molecule has 1 unspecified atom stereocenters. The Morgan fingerprint density at radius 3 is 1.73 bits per heavy atom. The van der Waals surface area contributed by atoms with Crippen LogP contribution in [-0.2, 0) is 6.42 Å². The lowest BCUT2D eigenvalue weighted by atomic mass is 9.82.